The van der Waals surface area contributed by atoms with Crippen molar-refractivity contribution in [3.63, 3.8) is 0 Å². The molecule has 0 saturated carbocycles. The molecule has 8 nitrogen and oxygen atoms in total. The summed E-state index contributed by atoms with van der Waals surface area (Å²) >= 11 is 6.24. The highest BCUT2D eigenvalue weighted by atomic mass is 35.5. The van der Waals surface area contributed by atoms with Crippen LogP contribution in [0.4, 0.5) is 22.0 Å². The van der Waals surface area contributed by atoms with E-state index in [0.717, 1.165) is 43.7 Å². The zero-order valence-electron chi connectivity index (χ0n) is 20.2. The molecule has 0 spiro atoms. The number of carbonyl (C=O) groups is 2. The number of aldehydes is 1. The summed E-state index contributed by atoms with van der Waals surface area (Å²) in [7, 11) is 0. The van der Waals surface area contributed by atoms with Gasteiger partial charge in [0.25, 0.3) is 0 Å². The number of benzene rings is 1. The number of nitriles is 1. The zero-order chi connectivity index (χ0) is 24.9. The van der Waals surface area contributed by atoms with Gasteiger partial charge in [-0.25, -0.2) is 9.78 Å². The minimum atomic E-state index is -0.147. The standard InChI is InChI=1S/C26H31ClN6O2/c1-18-17-33(19(2)16-32(18)23-5-3-21(14-28)24(27)13-23)26(35)30-22-4-6-25(29-15-22)31-10-7-20(8-11-31)9-12-34/h3-6,12-13,15,18-20H,7-11,16-17H2,1-2H3,(H,30,35)/t18-,19+/m1/s1. The molecule has 1 aromatic carbocycles. The predicted molar refractivity (Wildman–Crippen MR) is 138 cm³/mol. The first-order chi connectivity index (χ1) is 16.9. The van der Waals surface area contributed by atoms with Crippen molar-refractivity contribution >= 4 is 41.1 Å². The normalized spacial score (nSPS) is 20.9. The summed E-state index contributed by atoms with van der Waals surface area (Å²) in [6.45, 7) is 7.11. The first-order valence-corrected chi connectivity index (χ1v) is 12.5. The van der Waals surface area contributed by atoms with Crippen LogP contribution in [0.5, 0.6) is 0 Å². The number of halogens is 1. The van der Waals surface area contributed by atoms with Crippen LogP contribution in [-0.2, 0) is 4.79 Å². The minimum absolute atomic E-state index is 0.0134. The van der Waals surface area contributed by atoms with E-state index in [2.05, 4.69) is 33.1 Å². The second kappa shape index (κ2) is 11.0. The van der Waals surface area contributed by atoms with Crippen LogP contribution in [0, 0.1) is 17.2 Å². The summed E-state index contributed by atoms with van der Waals surface area (Å²) in [6.07, 6.45) is 5.35. The lowest BCUT2D eigenvalue weighted by atomic mass is 9.94. The Kier molecular flexibility index (Phi) is 7.76. The first kappa shape index (κ1) is 24.8. The molecule has 0 aliphatic carbocycles. The Balaban J connectivity index is 1.34. The fourth-order valence-corrected chi connectivity index (χ4v) is 5.14. The SMILES string of the molecule is C[C@@H]1CN(C(=O)Nc2ccc(N3CCC(CC=O)CC3)nc2)[C@@H](C)CN1c1ccc(C#N)c(Cl)c1. The number of carbonyl (C=O) groups excluding carboxylic acids is 2. The number of rotatable bonds is 5. The summed E-state index contributed by atoms with van der Waals surface area (Å²) in [5.41, 5.74) is 2.07. The average Bonchev–Trinajstić information content (AvgIpc) is 2.86. The van der Waals surface area contributed by atoms with Gasteiger partial charge < -0.3 is 24.8 Å². The number of nitrogens with zero attached hydrogens (tertiary/aromatic N) is 5. The summed E-state index contributed by atoms with van der Waals surface area (Å²) in [5.74, 6) is 1.37. The van der Waals surface area contributed by atoms with Crippen molar-refractivity contribution in [3.05, 3.63) is 47.1 Å². The summed E-state index contributed by atoms with van der Waals surface area (Å²) in [5, 5.41) is 12.5. The molecule has 35 heavy (non-hydrogen) atoms. The third-order valence-corrected chi connectivity index (χ3v) is 7.33. The molecule has 184 valence electrons. The van der Waals surface area contributed by atoms with Crippen LogP contribution in [0.15, 0.2) is 36.5 Å². The Morgan fingerprint density at radius 2 is 1.97 bits per heavy atom. The van der Waals surface area contributed by atoms with E-state index in [1.807, 2.05) is 36.1 Å². The number of hydrogen-bond donors (Lipinski definition) is 1. The highest BCUT2D eigenvalue weighted by Crippen LogP contribution is 2.28. The first-order valence-electron chi connectivity index (χ1n) is 12.1. The van der Waals surface area contributed by atoms with Gasteiger partial charge in [-0.2, -0.15) is 5.26 Å². The number of anilines is 3. The van der Waals surface area contributed by atoms with Crippen molar-refractivity contribution in [2.75, 3.05) is 41.3 Å². The van der Waals surface area contributed by atoms with E-state index in [0.29, 0.717) is 41.7 Å². The summed E-state index contributed by atoms with van der Waals surface area (Å²) in [4.78, 5) is 34.6. The fraction of sp³-hybridized carbons (Fsp3) is 0.462. The molecule has 3 heterocycles. The maximum atomic E-state index is 13.1. The number of urea groups is 1. The second-order valence-electron chi connectivity index (χ2n) is 9.45. The molecule has 2 saturated heterocycles. The topological polar surface area (TPSA) is 92.6 Å². The Hall–Kier alpha value is -3.31. The van der Waals surface area contributed by atoms with Gasteiger partial charge in [-0.15, -0.1) is 0 Å². The molecule has 4 rings (SSSR count). The molecule has 0 radical (unpaired) electrons. The van der Waals surface area contributed by atoms with Crippen LogP contribution in [0.1, 0.15) is 38.7 Å². The number of aromatic nitrogens is 1. The minimum Gasteiger partial charge on any atom is -0.365 e. The molecule has 1 N–H and O–H groups in total. The van der Waals surface area contributed by atoms with E-state index in [1.165, 1.54) is 0 Å². The lowest BCUT2D eigenvalue weighted by Gasteiger charge is -2.45. The maximum Gasteiger partial charge on any atom is 0.322 e. The average molecular weight is 495 g/mol. The lowest BCUT2D eigenvalue weighted by Crippen LogP contribution is -2.59. The highest BCUT2D eigenvalue weighted by molar-refractivity contribution is 6.32. The van der Waals surface area contributed by atoms with Crippen molar-refractivity contribution in [1.29, 1.82) is 5.26 Å². The van der Waals surface area contributed by atoms with E-state index in [-0.39, 0.29) is 18.1 Å². The predicted octanol–water partition coefficient (Wildman–Crippen LogP) is 4.54. The molecule has 2 fully saturated rings. The van der Waals surface area contributed by atoms with Gasteiger partial charge in [-0.3, -0.25) is 0 Å². The van der Waals surface area contributed by atoms with Crippen molar-refractivity contribution in [3.8, 4) is 6.07 Å². The van der Waals surface area contributed by atoms with E-state index in [9.17, 15) is 9.59 Å². The molecule has 0 bridgehead atoms. The van der Waals surface area contributed by atoms with Crippen LogP contribution in [0.3, 0.4) is 0 Å². The summed E-state index contributed by atoms with van der Waals surface area (Å²) < 4.78 is 0. The van der Waals surface area contributed by atoms with E-state index in [1.54, 1.807) is 12.3 Å². The van der Waals surface area contributed by atoms with Crippen molar-refractivity contribution in [1.82, 2.24) is 9.88 Å². The monoisotopic (exact) mass is 494 g/mol. The third-order valence-electron chi connectivity index (χ3n) is 7.02. The molecular formula is C26H31ClN6O2. The number of piperazine rings is 1. The molecule has 9 heteroatoms. The number of hydrogen-bond acceptors (Lipinski definition) is 6. The number of pyridine rings is 1. The van der Waals surface area contributed by atoms with Crippen molar-refractivity contribution in [2.45, 2.75) is 45.2 Å². The Morgan fingerprint density at radius 1 is 1.20 bits per heavy atom. The maximum absolute atomic E-state index is 13.1. The van der Waals surface area contributed by atoms with Crippen molar-refractivity contribution < 1.29 is 9.59 Å². The molecule has 2 aliphatic heterocycles. The summed E-state index contributed by atoms with van der Waals surface area (Å²) in [6, 6.07) is 11.3. The Morgan fingerprint density at radius 3 is 2.60 bits per heavy atom. The van der Waals surface area contributed by atoms with Crippen molar-refractivity contribution in [2.24, 2.45) is 5.92 Å². The number of amides is 2. The van der Waals surface area contributed by atoms with E-state index >= 15 is 0 Å². The molecule has 2 amide bonds. The molecule has 1 aromatic heterocycles. The van der Waals surface area contributed by atoms with Crippen LogP contribution >= 0.6 is 11.6 Å². The number of nitrogens with one attached hydrogen (secondary N) is 1. The molecular weight excluding hydrogens is 464 g/mol. The third kappa shape index (κ3) is 5.68. The highest BCUT2D eigenvalue weighted by Gasteiger charge is 2.32. The van der Waals surface area contributed by atoms with Gasteiger partial charge in [0, 0.05) is 50.4 Å². The van der Waals surface area contributed by atoms with Gasteiger partial charge in [-0.1, -0.05) is 11.6 Å². The van der Waals surface area contributed by atoms with Gasteiger partial charge in [0.1, 0.15) is 18.2 Å². The van der Waals surface area contributed by atoms with Gasteiger partial charge in [0.2, 0.25) is 0 Å². The molecule has 2 aromatic rings. The van der Waals surface area contributed by atoms with Crippen LogP contribution < -0.4 is 15.1 Å². The lowest BCUT2D eigenvalue weighted by molar-refractivity contribution is -0.108. The van der Waals surface area contributed by atoms with Crippen LogP contribution in [-0.4, -0.2) is 60.5 Å². The molecule has 2 aliphatic rings. The quantitative estimate of drug-likeness (QED) is 0.613. The fourth-order valence-electron chi connectivity index (χ4n) is 4.92. The zero-order valence-corrected chi connectivity index (χ0v) is 20.9. The second-order valence-corrected chi connectivity index (χ2v) is 9.85. The largest absolute Gasteiger partial charge is 0.365 e. The number of piperidine rings is 1. The van der Waals surface area contributed by atoms with Crippen LogP contribution in [0.2, 0.25) is 5.02 Å². The van der Waals surface area contributed by atoms with E-state index in [4.69, 9.17) is 16.9 Å². The van der Waals surface area contributed by atoms with Gasteiger partial charge >= 0.3 is 6.03 Å². The van der Waals surface area contributed by atoms with E-state index < -0.39 is 0 Å². The molecule has 2 atom stereocenters. The van der Waals surface area contributed by atoms with Crippen LogP contribution in [0.25, 0.3) is 0 Å². The Labute approximate surface area is 211 Å². The van der Waals surface area contributed by atoms with Gasteiger partial charge in [0.15, 0.2) is 0 Å². The smallest absolute Gasteiger partial charge is 0.322 e. The Bertz CT molecular complexity index is 1090. The van der Waals surface area contributed by atoms with Gasteiger partial charge in [-0.05, 0) is 62.9 Å². The van der Waals surface area contributed by atoms with Gasteiger partial charge in [0.05, 0.1) is 22.5 Å². The molecule has 0 unspecified atom stereocenters.